The van der Waals surface area contributed by atoms with Gasteiger partial charge in [-0.05, 0) is 18.1 Å². The van der Waals surface area contributed by atoms with Crippen LogP contribution in [-0.4, -0.2) is 28.8 Å². The maximum absolute atomic E-state index is 5.71. The molecule has 3 N–H and O–H groups in total. The van der Waals surface area contributed by atoms with E-state index in [9.17, 15) is 0 Å². The van der Waals surface area contributed by atoms with Crippen molar-refractivity contribution in [3.05, 3.63) is 30.1 Å². The lowest BCUT2D eigenvalue weighted by molar-refractivity contribution is 0.0325. The number of nitrogens with one attached hydrogen (secondary N) is 1. The number of nitrogens with two attached hydrogens (primary N) is 1. The smallest absolute Gasteiger partial charge is 0.111 e. The predicted octanol–water partition coefficient (Wildman–Crippen LogP) is 1.62. The number of fused-ring (bicyclic) bond motifs is 1. The SMILES string of the molecule is COC(C(C)C)C(Cc1nc2ccccc2n1C)NN. The van der Waals surface area contributed by atoms with Crippen molar-refractivity contribution in [2.75, 3.05) is 7.11 Å². The molecule has 0 saturated heterocycles. The van der Waals surface area contributed by atoms with E-state index in [1.54, 1.807) is 7.11 Å². The van der Waals surface area contributed by atoms with Crippen molar-refractivity contribution in [2.45, 2.75) is 32.4 Å². The van der Waals surface area contributed by atoms with Gasteiger partial charge in [-0.2, -0.15) is 0 Å². The van der Waals surface area contributed by atoms with E-state index in [2.05, 4.69) is 34.9 Å². The fourth-order valence-corrected chi connectivity index (χ4v) is 2.75. The third kappa shape index (κ3) is 2.85. The van der Waals surface area contributed by atoms with Gasteiger partial charge in [0.05, 0.1) is 23.2 Å². The maximum Gasteiger partial charge on any atom is 0.111 e. The molecule has 5 heteroatoms. The molecule has 0 saturated carbocycles. The minimum atomic E-state index is 0.0375. The van der Waals surface area contributed by atoms with E-state index in [0.717, 1.165) is 23.3 Å². The van der Waals surface area contributed by atoms with Crippen LogP contribution in [0.25, 0.3) is 11.0 Å². The first kappa shape index (κ1) is 15.0. The van der Waals surface area contributed by atoms with Gasteiger partial charge < -0.3 is 9.30 Å². The van der Waals surface area contributed by atoms with Crippen molar-refractivity contribution in [1.29, 1.82) is 0 Å². The zero-order chi connectivity index (χ0) is 14.7. The first-order valence-corrected chi connectivity index (χ1v) is 6.97. The van der Waals surface area contributed by atoms with Crippen molar-refractivity contribution >= 4 is 11.0 Å². The molecular formula is C15H24N4O. The lowest BCUT2D eigenvalue weighted by Crippen LogP contribution is -2.48. The predicted molar refractivity (Wildman–Crippen MR) is 81.2 cm³/mol. The molecule has 110 valence electrons. The second kappa shape index (κ2) is 6.35. The van der Waals surface area contributed by atoms with E-state index in [4.69, 9.17) is 10.6 Å². The lowest BCUT2D eigenvalue weighted by Gasteiger charge is -2.28. The van der Waals surface area contributed by atoms with Crippen LogP contribution in [-0.2, 0) is 18.2 Å². The quantitative estimate of drug-likeness (QED) is 0.621. The van der Waals surface area contributed by atoms with Crippen LogP contribution >= 0.6 is 0 Å². The summed E-state index contributed by atoms with van der Waals surface area (Å²) in [6.45, 7) is 4.26. The monoisotopic (exact) mass is 276 g/mol. The summed E-state index contributed by atoms with van der Waals surface area (Å²) in [5.41, 5.74) is 5.03. The number of aryl methyl sites for hydroxylation is 1. The van der Waals surface area contributed by atoms with Crippen molar-refractivity contribution in [3.8, 4) is 0 Å². The molecule has 1 heterocycles. The highest BCUT2D eigenvalue weighted by atomic mass is 16.5. The number of ether oxygens (including phenoxy) is 1. The average Bonchev–Trinajstić information content (AvgIpc) is 2.75. The molecule has 0 radical (unpaired) electrons. The summed E-state index contributed by atoms with van der Waals surface area (Å²) in [5, 5.41) is 0. The van der Waals surface area contributed by atoms with Gasteiger partial charge in [0.15, 0.2) is 0 Å². The fraction of sp³-hybridized carbons (Fsp3) is 0.533. The Hall–Kier alpha value is -1.43. The number of aromatic nitrogens is 2. The van der Waals surface area contributed by atoms with E-state index in [-0.39, 0.29) is 12.1 Å². The normalized spacial score (nSPS) is 14.9. The van der Waals surface area contributed by atoms with E-state index in [1.165, 1.54) is 0 Å². The third-order valence-corrected chi connectivity index (χ3v) is 3.82. The molecule has 2 unspecified atom stereocenters. The minimum Gasteiger partial charge on any atom is -0.379 e. The zero-order valence-electron chi connectivity index (χ0n) is 12.6. The van der Waals surface area contributed by atoms with Crippen LogP contribution in [0.5, 0.6) is 0 Å². The van der Waals surface area contributed by atoms with Crippen molar-refractivity contribution < 1.29 is 4.74 Å². The number of methoxy groups -OCH3 is 1. The van der Waals surface area contributed by atoms with Crippen LogP contribution < -0.4 is 11.3 Å². The summed E-state index contributed by atoms with van der Waals surface area (Å²) in [4.78, 5) is 4.69. The Kier molecular flexibility index (Phi) is 4.75. The minimum absolute atomic E-state index is 0.0375. The molecule has 2 atom stereocenters. The van der Waals surface area contributed by atoms with Gasteiger partial charge in [0.1, 0.15) is 5.82 Å². The number of hydrazine groups is 1. The number of hydrogen-bond acceptors (Lipinski definition) is 4. The van der Waals surface area contributed by atoms with Gasteiger partial charge in [0.2, 0.25) is 0 Å². The van der Waals surface area contributed by atoms with Gasteiger partial charge in [-0.25, -0.2) is 4.98 Å². The first-order valence-electron chi connectivity index (χ1n) is 6.97. The summed E-state index contributed by atoms with van der Waals surface area (Å²) in [6.07, 6.45) is 0.790. The van der Waals surface area contributed by atoms with E-state index < -0.39 is 0 Å². The Morgan fingerprint density at radius 3 is 2.60 bits per heavy atom. The molecule has 2 aromatic rings. The third-order valence-electron chi connectivity index (χ3n) is 3.82. The molecule has 0 aliphatic carbocycles. The number of para-hydroxylation sites is 2. The Labute approximate surface area is 120 Å². The maximum atomic E-state index is 5.71. The molecule has 1 aromatic heterocycles. The highest BCUT2D eigenvalue weighted by Gasteiger charge is 2.25. The molecular weight excluding hydrogens is 252 g/mol. The summed E-state index contributed by atoms with van der Waals surface area (Å²) >= 11 is 0. The van der Waals surface area contributed by atoms with Gasteiger partial charge in [0.25, 0.3) is 0 Å². The molecule has 0 bridgehead atoms. The lowest BCUT2D eigenvalue weighted by atomic mass is 9.97. The summed E-state index contributed by atoms with van der Waals surface area (Å²) < 4.78 is 7.69. The first-order chi connectivity index (χ1) is 9.58. The molecule has 20 heavy (non-hydrogen) atoms. The topological polar surface area (TPSA) is 65.1 Å². The highest BCUT2D eigenvalue weighted by molar-refractivity contribution is 5.75. The van der Waals surface area contributed by atoms with Gasteiger partial charge in [-0.15, -0.1) is 0 Å². The molecule has 2 rings (SSSR count). The zero-order valence-corrected chi connectivity index (χ0v) is 12.6. The second-order valence-electron chi connectivity index (χ2n) is 5.50. The Morgan fingerprint density at radius 2 is 2.05 bits per heavy atom. The highest BCUT2D eigenvalue weighted by Crippen LogP contribution is 2.18. The van der Waals surface area contributed by atoms with E-state index >= 15 is 0 Å². The van der Waals surface area contributed by atoms with Crippen LogP contribution in [0.4, 0.5) is 0 Å². The molecule has 0 fully saturated rings. The van der Waals surface area contributed by atoms with Crippen LogP contribution in [0.3, 0.4) is 0 Å². The number of rotatable bonds is 6. The van der Waals surface area contributed by atoms with Crippen LogP contribution in [0, 0.1) is 5.92 Å². The van der Waals surface area contributed by atoms with Crippen LogP contribution in [0.15, 0.2) is 24.3 Å². The Morgan fingerprint density at radius 1 is 1.35 bits per heavy atom. The van der Waals surface area contributed by atoms with E-state index in [1.807, 2.05) is 25.2 Å². The number of nitrogens with zero attached hydrogens (tertiary/aromatic N) is 2. The van der Waals surface area contributed by atoms with Gasteiger partial charge in [0, 0.05) is 20.6 Å². The molecule has 0 amide bonds. The fourth-order valence-electron chi connectivity index (χ4n) is 2.75. The van der Waals surface area contributed by atoms with Gasteiger partial charge in [-0.3, -0.25) is 11.3 Å². The van der Waals surface area contributed by atoms with Crippen molar-refractivity contribution in [1.82, 2.24) is 15.0 Å². The van der Waals surface area contributed by atoms with Gasteiger partial charge in [-0.1, -0.05) is 26.0 Å². The van der Waals surface area contributed by atoms with Crippen LogP contribution in [0.1, 0.15) is 19.7 Å². The summed E-state index contributed by atoms with van der Waals surface area (Å²) in [7, 11) is 3.76. The van der Waals surface area contributed by atoms with E-state index in [0.29, 0.717) is 5.92 Å². The van der Waals surface area contributed by atoms with Gasteiger partial charge >= 0.3 is 0 Å². The molecule has 1 aromatic carbocycles. The Balaban J connectivity index is 2.27. The van der Waals surface area contributed by atoms with Crippen molar-refractivity contribution in [3.63, 3.8) is 0 Å². The van der Waals surface area contributed by atoms with Crippen LogP contribution in [0.2, 0.25) is 0 Å². The summed E-state index contributed by atoms with van der Waals surface area (Å²) in [5.74, 6) is 7.11. The molecule has 0 aliphatic heterocycles. The average molecular weight is 276 g/mol. The second-order valence-corrected chi connectivity index (χ2v) is 5.50. The largest absolute Gasteiger partial charge is 0.379 e. The molecule has 0 spiro atoms. The Bertz CT molecular complexity index is 564. The molecule has 5 nitrogen and oxygen atoms in total. The van der Waals surface area contributed by atoms with Crippen molar-refractivity contribution in [2.24, 2.45) is 18.8 Å². The number of imidazole rings is 1. The summed E-state index contributed by atoms with van der Waals surface area (Å²) in [6, 6.07) is 8.17. The standard InChI is InChI=1S/C15H24N4O/c1-10(2)15(20-4)12(18-16)9-14-17-11-7-5-6-8-13(11)19(14)3/h5-8,10,12,15,18H,9,16H2,1-4H3. The molecule has 0 aliphatic rings. The number of hydrogen-bond donors (Lipinski definition) is 2. The number of benzene rings is 1.